The van der Waals surface area contributed by atoms with E-state index in [1.807, 2.05) is 13.0 Å². The Morgan fingerprint density at radius 3 is 2.64 bits per heavy atom. The van der Waals surface area contributed by atoms with Crippen molar-refractivity contribution in [3.05, 3.63) is 29.1 Å². The SMILES string of the molecule is Cc1cc(CC(C)C)nc(C(=O)O)c1. The Morgan fingerprint density at radius 1 is 1.50 bits per heavy atom. The Labute approximate surface area is 83.8 Å². The topological polar surface area (TPSA) is 50.2 Å². The zero-order valence-electron chi connectivity index (χ0n) is 8.74. The lowest BCUT2D eigenvalue weighted by Crippen LogP contribution is -2.05. The lowest BCUT2D eigenvalue weighted by atomic mass is 10.1. The Balaban J connectivity index is 3.01. The van der Waals surface area contributed by atoms with Crippen LogP contribution < -0.4 is 0 Å². The molecule has 0 unspecified atom stereocenters. The highest BCUT2D eigenvalue weighted by molar-refractivity contribution is 5.85. The highest BCUT2D eigenvalue weighted by Crippen LogP contribution is 2.09. The van der Waals surface area contributed by atoms with Gasteiger partial charge in [-0.25, -0.2) is 9.78 Å². The highest BCUT2D eigenvalue weighted by atomic mass is 16.4. The molecule has 0 saturated carbocycles. The van der Waals surface area contributed by atoms with Crippen LogP contribution in [0.3, 0.4) is 0 Å². The Hall–Kier alpha value is -1.38. The van der Waals surface area contributed by atoms with Crippen LogP contribution in [0.15, 0.2) is 12.1 Å². The van der Waals surface area contributed by atoms with Crippen molar-refractivity contribution >= 4 is 5.97 Å². The molecule has 1 aromatic heterocycles. The molecule has 3 heteroatoms. The summed E-state index contributed by atoms with van der Waals surface area (Å²) in [5, 5.41) is 8.81. The van der Waals surface area contributed by atoms with Gasteiger partial charge >= 0.3 is 5.97 Å². The quantitative estimate of drug-likeness (QED) is 0.801. The van der Waals surface area contributed by atoms with Gasteiger partial charge < -0.3 is 5.11 Å². The van der Waals surface area contributed by atoms with Gasteiger partial charge in [-0.2, -0.15) is 0 Å². The van der Waals surface area contributed by atoms with E-state index >= 15 is 0 Å². The Morgan fingerprint density at radius 2 is 2.14 bits per heavy atom. The summed E-state index contributed by atoms with van der Waals surface area (Å²) in [6.45, 7) is 6.06. The number of rotatable bonds is 3. The summed E-state index contributed by atoms with van der Waals surface area (Å²) in [6, 6.07) is 3.53. The number of carboxylic acids is 1. The standard InChI is InChI=1S/C11H15NO2/c1-7(2)4-9-5-8(3)6-10(12-9)11(13)14/h5-7H,4H2,1-3H3,(H,13,14). The Bertz CT molecular complexity index is 345. The zero-order valence-corrected chi connectivity index (χ0v) is 8.74. The third kappa shape index (κ3) is 2.83. The fourth-order valence-electron chi connectivity index (χ4n) is 1.37. The van der Waals surface area contributed by atoms with E-state index in [1.165, 1.54) is 0 Å². The van der Waals surface area contributed by atoms with Crippen LogP contribution in [0.5, 0.6) is 0 Å². The van der Waals surface area contributed by atoms with E-state index in [4.69, 9.17) is 5.11 Å². The van der Waals surface area contributed by atoms with Gasteiger partial charge in [-0.05, 0) is 37.0 Å². The predicted molar refractivity (Wildman–Crippen MR) is 54.5 cm³/mol. The molecule has 14 heavy (non-hydrogen) atoms. The summed E-state index contributed by atoms with van der Waals surface area (Å²) in [5.41, 5.74) is 1.95. The van der Waals surface area contributed by atoms with Gasteiger partial charge in [0.2, 0.25) is 0 Å². The molecule has 0 aliphatic rings. The minimum Gasteiger partial charge on any atom is -0.477 e. The van der Waals surface area contributed by atoms with Gasteiger partial charge in [0.15, 0.2) is 0 Å². The predicted octanol–water partition coefficient (Wildman–Crippen LogP) is 2.29. The van der Waals surface area contributed by atoms with Gasteiger partial charge in [0.1, 0.15) is 5.69 Å². The average Bonchev–Trinajstić information content (AvgIpc) is 2.01. The fourth-order valence-corrected chi connectivity index (χ4v) is 1.37. The van der Waals surface area contributed by atoms with E-state index in [1.54, 1.807) is 6.07 Å². The summed E-state index contributed by atoms with van der Waals surface area (Å²) < 4.78 is 0. The zero-order chi connectivity index (χ0) is 10.7. The molecule has 76 valence electrons. The number of aryl methyl sites for hydroxylation is 1. The van der Waals surface area contributed by atoms with E-state index in [0.29, 0.717) is 5.92 Å². The lowest BCUT2D eigenvalue weighted by Gasteiger charge is -2.06. The van der Waals surface area contributed by atoms with Gasteiger partial charge in [-0.1, -0.05) is 13.8 Å². The van der Waals surface area contributed by atoms with Crippen LogP contribution >= 0.6 is 0 Å². The molecule has 0 bridgehead atoms. The second-order valence-corrected chi connectivity index (χ2v) is 3.92. The van der Waals surface area contributed by atoms with Gasteiger partial charge in [-0.3, -0.25) is 0 Å². The molecule has 0 saturated heterocycles. The first-order valence-electron chi connectivity index (χ1n) is 4.70. The summed E-state index contributed by atoms with van der Waals surface area (Å²) in [5.74, 6) is -0.468. The molecular formula is C11H15NO2. The monoisotopic (exact) mass is 193 g/mol. The number of hydrogen-bond donors (Lipinski definition) is 1. The van der Waals surface area contributed by atoms with Crippen LogP contribution in [-0.4, -0.2) is 16.1 Å². The molecule has 0 amide bonds. The van der Waals surface area contributed by atoms with E-state index in [-0.39, 0.29) is 5.69 Å². The molecule has 3 nitrogen and oxygen atoms in total. The lowest BCUT2D eigenvalue weighted by molar-refractivity contribution is 0.0690. The van der Waals surface area contributed by atoms with E-state index in [2.05, 4.69) is 18.8 Å². The molecule has 0 radical (unpaired) electrons. The van der Waals surface area contributed by atoms with E-state index < -0.39 is 5.97 Å². The largest absolute Gasteiger partial charge is 0.477 e. The van der Waals surface area contributed by atoms with Gasteiger partial charge in [0, 0.05) is 5.69 Å². The number of aromatic carboxylic acids is 1. The highest BCUT2D eigenvalue weighted by Gasteiger charge is 2.08. The van der Waals surface area contributed by atoms with Crippen LogP contribution in [0.2, 0.25) is 0 Å². The third-order valence-electron chi connectivity index (χ3n) is 1.86. The molecule has 0 spiro atoms. The van der Waals surface area contributed by atoms with Crippen LogP contribution in [0.4, 0.5) is 0 Å². The maximum atomic E-state index is 10.7. The normalized spacial score (nSPS) is 10.6. The smallest absolute Gasteiger partial charge is 0.354 e. The molecule has 1 rings (SSSR count). The number of hydrogen-bond acceptors (Lipinski definition) is 2. The van der Waals surface area contributed by atoms with Crippen molar-refractivity contribution in [1.82, 2.24) is 4.98 Å². The van der Waals surface area contributed by atoms with Crippen LogP contribution in [0.1, 0.15) is 35.6 Å². The molecule has 0 aliphatic heterocycles. The summed E-state index contributed by atoms with van der Waals surface area (Å²) in [6.07, 6.45) is 0.821. The van der Waals surface area contributed by atoms with Crippen LogP contribution in [0, 0.1) is 12.8 Å². The Kier molecular flexibility index (Phi) is 3.23. The second kappa shape index (κ2) is 4.22. The first kappa shape index (κ1) is 10.7. The van der Waals surface area contributed by atoms with Crippen LogP contribution in [0.25, 0.3) is 0 Å². The second-order valence-electron chi connectivity index (χ2n) is 3.92. The molecular weight excluding hydrogens is 178 g/mol. The third-order valence-corrected chi connectivity index (χ3v) is 1.86. The van der Waals surface area contributed by atoms with Crippen molar-refractivity contribution in [3.63, 3.8) is 0 Å². The minimum atomic E-state index is -0.960. The van der Waals surface area contributed by atoms with Gasteiger partial charge in [0.25, 0.3) is 0 Å². The number of pyridine rings is 1. The number of aromatic nitrogens is 1. The number of carboxylic acid groups (broad SMARTS) is 1. The van der Waals surface area contributed by atoms with Crippen molar-refractivity contribution in [3.8, 4) is 0 Å². The maximum absolute atomic E-state index is 10.7. The number of carbonyl (C=O) groups is 1. The first-order valence-corrected chi connectivity index (χ1v) is 4.70. The fraction of sp³-hybridized carbons (Fsp3) is 0.455. The molecule has 1 aromatic rings. The molecule has 0 aromatic carbocycles. The molecule has 0 fully saturated rings. The van der Waals surface area contributed by atoms with E-state index in [9.17, 15) is 4.79 Å². The minimum absolute atomic E-state index is 0.139. The van der Waals surface area contributed by atoms with E-state index in [0.717, 1.165) is 17.7 Å². The van der Waals surface area contributed by atoms with Crippen LogP contribution in [-0.2, 0) is 6.42 Å². The van der Waals surface area contributed by atoms with Crippen molar-refractivity contribution in [2.24, 2.45) is 5.92 Å². The molecule has 0 atom stereocenters. The summed E-state index contributed by atoms with van der Waals surface area (Å²) in [4.78, 5) is 14.8. The molecule has 1 N–H and O–H groups in total. The summed E-state index contributed by atoms with van der Waals surface area (Å²) >= 11 is 0. The molecule has 0 aliphatic carbocycles. The average molecular weight is 193 g/mol. The van der Waals surface area contributed by atoms with Gasteiger partial charge in [0.05, 0.1) is 0 Å². The van der Waals surface area contributed by atoms with Crippen molar-refractivity contribution < 1.29 is 9.90 Å². The first-order chi connectivity index (χ1) is 6.49. The van der Waals surface area contributed by atoms with Crippen molar-refractivity contribution in [2.75, 3.05) is 0 Å². The van der Waals surface area contributed by atoms with Crippen molar-refractivity contribution in [2.45, 2.75) is 27.2 Å². The number of nitrogens with zero attached hydrogens (tertiary/aromatic N) is 1. The summed E-state index contributed by atoms with van der Waals surface area (Å²) in [7, 11) is 0. The van der Waals surface area contributed by atoms with Crippen molar-refractivity contribution in [1.29, 1.82) is 0 Å². The molecule has 1 heterocycles. The maximum Gasteiger partial charge on any atom is 0.354 e. The van der Waals surface area contributed by atoms with Gasteiger partial charge in [-0.15, -0.1) is 0 Å².